The summed E-state index contributed by atoms with van der Waals surface area (Å²) in [5.74, 6) is -9.07. The number of halogens is 6. The molecular weight excluding hydrogens is 740 g/mol. The Bertz CT molecular complexity index is 2340. The van der Waals surface area contributed by atoms with Crippen LogP contribution in [0.4, 0.5) is 32.0 Å². The standard InChI is InChI=1S/C43H31F6NO6/c1-56-33-14-8-13-32(51)36(33)37-27-15-16-28-35(40(55)50(39(28)54)26-18-24(42(44,45)46)17-25(19-26)43(47,48)49)30(27)20-31-38(53)29(22-9-4-2-5-10-22)21-34(52)41(31,37)23-11-6-3-7-12-23/h2-15,17-19,21,28,30-31,35,37,51H,16,20H2,1H3. The molecule has 8 rings (SSSR count). The first-order valence-corrected chi connectivity index (χ1v) is 17.7. The number of rotatable bonds is 5. The van der Waals surface area contributed by atoms with E-state index in [-0.39, 0.29) is 41.5 Å². The second-order valence-corrected chi connectivity index (χ2v) is 14.5. The quantitative estimate of drug-likeness (QED) is 0.124. The fourth-order valence-electron chi connectivity index (χ4n) is 9.51. The molecule has 1 heterocycles. The number of hydrogen-bond donors (Lipinski definition) is 1. The summed E-state index contributed by atoms with van der Waals surface area (Å²) in [5, 5.41) is 11.6. The van der Waals surface area contributed by atoms with Gasteiger partial charge in [-0.1, -0.05) is 78.4 Å². The van der Waals surface area contributed by atoms with E-state index in [1.54, 1.807) is 72.8 Å². The number of ketones is 2. The molecule has 0 radical (unpaired) electrons. The second-order valence-electron chi connectivity index (χ2n) is 14.5. The molecule has 3 aliphatic carbocycles. The van der Waals surface area contributed by atoms with Crippen LogP contribution in [0, 0.1) is 23.7 Å². The number of nitrogens with zero attached hydrogens (tertiary/aromatic N) is 1. The van der Waals surface area contributed by atoms with Gasteiger partial charge >= 0.3 is 12.4 Å². The molecule has 0 bridgehead atoms. The number of phenolic OH excluding ortho intramolecular Hbond substituents is 1. The van der Waals surface area contributed by atoms with Crippen molar-refractivity contribution in [2.24, 2.45) is 23.7 Å². The Morgan fingerprint density at radius 2 is 1.39 bits per heavy atom. The van der Waals surface area contributed by atoms with Gasteiger partial charge in [0.05, 0.1) is 41.2 Å². The lowest BCUT2D eigenvalue weighted by Gasteiger charge is -2.55. The maximum absolute atomic E-state index is 15.2. The molecule has 7 nitrogen and oxygen atoms in total. The number of fused-ring (bicyclic) bond motifs is 4. The van der Waals surface area contributed by atoms with E-state index in [1.807, 2.05) is 0 Å². The maximum Gasteiger partial charge on any atom is 0.416 e. The van der Waals surface area contributed by atoms with Gasteiger partial charge in [0, 0.05) is 23.0 Å². The Labute approximate surface area is 315 Å². The van der Waals surface area contributed by atoms with Crippen molar-refractivity contribution in [3.63, 3.8) is 0 Å². The second kappa shape index (κ2) is 13.1. The molecule has 0 spiro atoms. The molecule has 4 aromatic carbocycles. The Kier molecular flexibility index (Phi) is 8.62. The monoisotopic (exact) mass is 771 g/mol. The summed E-state index contributed by atoms with van der Waals surface area (Å²) in [5.41, 5.74) is -4.47. The van der Waals surface area contributed by atoms with Gasteiger partial charge in [-0.25, -0.2) is 4.90 Å². The number of carbonyl (C=O) groups is 4. The molecule has 1 aliphatic heterocycles. The number of imide groups is 1. The first kappa shape index (κ1) is 37.0. The number of anilines is 1. The van der Waals surface area contributed by atoms with Crippen LogP contribution in [-0.4, -0.2) is 35.6 Å². The number of carbonyl (C=O) groups excluding carboxylic acids is 4. The molecule has 4 aromatic rings. The van der Waals surface area contributed by atoms with Crippen molar-refractivity contribution in [3.05, 3.63) is 143 Å². The van der Waals surface area contributed by atoms with Crippen LogP contribution in [0.5, 0.6) is 11.5 Å². The van der Waals surface area contributed by atoms with Crippen LogP contribution in [0.1, 0.15) is 46.6 Å². The Morgan fingerprint density at radius 1 is 0.768 bits per heavy atom. The molecule has 4 aliphatic rings. The van der Waals surface area contributed by atoms with E-state index in [4.69, 9.17) is 4.74 Å². The van der Waals surface area contributed by atoms with Gasteiger partial charge in [-0.05, 0) is 66.3 Å². The number of aromatic hydroxyl groups is 1. The molecule has 1 saturated carbocycles. The molecule has 0 aromatic heterocycles. The van der Waals surface area contributed by atoms with Crippen LogP contribution in [0.15, 0.2) is 115 Å². The number of ether oxygens (including phenoxy) is 1. The number of methoxy groups -OCH3 is 1. The fourth-order valence-corrected chi connectivity index (χ4v) is 9.51. The predicted molar refractivity (Wildman–Crippen MR) is 190 cm³/mol. The van der Waals surface area contributed by atoms with Crippen LogP contribution >= 0.6 is 0 Å². The topological polar surface area (TPSA) is 101 Å². The third-order valence-electron chi connectivity index (χ3n) is 11.8. The average molecular weight is 772 g/mol. The first-order valence-electron chi connectivity index (χ1n) is 17.7. The molecule has 2 fully saturated rings. The van der Waals surface area contributed by atoms with Crippen molar-refractivity contribution in [3.8, 4) is 11.5 Å². The summed E-state index contributed by atoms with van der Waals surface area (Å²) in [6, 6.07) is 22.1. The lowest BCUT2D eigenvalue weighted by Crippen LogP contribution is -2.58. The van der Waals surface area contributed by atoms with Gasteiger partial charge < -0.3 is 9.84 Å². The third-order valence-corrected chi connectivity index (χ3v) is 11.8. The van der Waals surface area contributed by atoms with E-state index in [9.17, 15) is 41.0 Å². The van der Waals surface area contributed by atoms with Crippen molar-refractivity contribution in [1.82, 2.24) is 0 Å². The molecule has 1 saturated heterocycles. The summed E-state index contributed by atoms with van der Waals surface area (Å²) >= 11 is 0. The zero-order chi connectivity index (χ0) is 39.9. The summed E-state index contributed by atoms with van der Waals surface area (Å²) in [6.45, 7) is 0. The largest absolute Gasteiger partial charge is 0.508 e. The van der Waals surface area contributed by atoms with E-state index in [0.29, 0.717) is 33.7 Å². The van der Waals surface area contributed by atoms with Crippen molar-refractivity contribution < 1.29 is 55.4 Å². The minimum atomic E-state index is -5.24. The maximum atomic E-state index is 15.2. The predicted octanol–water partition coefficient (Wildman–Crippen LogP) is 8.47. The summed E-state index contributed by atoms with van der Waals surface area (Å²) in [4.78, 5) is 59.3. The number of amides is 2. The Hall–Kier alpha value is -5.98. The zero-order valence-electron chi connectivity index (χ0n) is 29.4. The van der Waals surface area contributed by atoms with Crippen LogP contribution in [0.3, 0.4) is 0 Å². The lowest BCUT2D eigenvalue weighted by atomic mass is 9.44. The normalized spacial score (nSPS) is 26.3. The number of hydrogen-bond acceptors (Lipinski definition) is 6. The van der Waals surface area contributed by atoms with Gasteiger partial charge in [0.25, 0.3) is 0 Å². The van der Waals surface area contributed by atoms with Gasteiger partial charge in [-0.3, -0.25) is 19.2 Å². The van der Waals surface area contributed by atoms with Gasteiger partial charge in [0.2, 0.25) is 11.8 Å². The Morgan fingerprint density at radius 3 is 2.00 bits per heavy atom. The summed E-state index contributed by atoms with van der Waals surface area (Å²) in [7, 11) is 1.36. The SMILES string of the molecule is COc1cccc(O)c1C1C2=CCC3C(=O)N(c4cc(C(F)(F)F)cc(C(F)(F)F)c4)C(=O)C3C2CC2C(=O)C(c3ccccc3)=CC(=O)C21c1ccccc1. The highest BCUT2D eigenvalue weighted by Gasteiger charge is 2.66. The van der Waals surface area contributed by atoms with E-state index in [1.165, 1.54) is 25.3 Å². The van der Waals surface area contributed by atoms with E-state index < -0.39 is 87.6 Å². The van der Waals surface area contributed by atoms with Gasteiger partial charge in [-0.2, -0.15) is 26.3 Å². The van der Waals surface area contributed by atoms with E-state index in [0.717, 1.165) is 0 Å². The molecule has 6 unspecified atom stereocenters. The molecule has 6 atom stereocenters. The third kappa shape index (κ3) is 5.49. The van der Waals surface area contributed by atoms with Crippen molar-refractivity contribution in [1.29, 1.82) is 0 Å². The summed E-state index contributed by atoms with van der Waals surface area (Å²) in [6.07, 6.45) is -7.89. The molecule has 56 heavy (non-hydrogen) atoms. The number of benzene rings is 4. The van der Waals surface area contributed by atoms with Gasteiger partial charge in [0.15, 0.2) is 11.6 Å². The number of phenols is 1. The van der Waals surface area contributed by atoms with Crippen molar-refractivity contribution in [2.45, 2.75) is 36.5 Å². The molecule has 2 amide bonds. The number of Topliss-reactive ketones (excluding diaryl/α,β-unsaturated/α-hetero) is 1. The fraction of sp³-hybridized carbons (Fsp3) is 0.256. The zero-order valence-corrected chi connectivity index (χ0v) is 29.4. The highest BCUT2D eigenvalue weighted by Crippen LogP contribution is 2.65. The van der Waals surface area contributed by atoms with Crippen LogP contribution in [-0.2, 0) is 36.9 Å². The minimum absolute atomic E-state index is 0.0839. The lowest BCUT2D eigenvalue weighted by molar-refractivity contribution is -0.143. The highest BCUT2D eigenvalue weighted by atomic mass is 19.4. The van der Waals surface area contributed by atoms with Gasteiger partial charge in [0.1, 0.15) is 11.5 Å². The molecule has 286 valence electrons. The number of alkyl halides is 6. The highest BCUT2D eigenvalue weighted by molar-refractivity contribution is 6.32. The Balaban J connectivity index is 1.35. The van der Waals surface area contributed by atoms with E-state index in [2.05, 4.69) is 0 Å². The first-order chi connectivity index (χ1) is 26.6. The summed E-state index contributed by atoms with van der Waals surface area (Å²) < 4.78 is 89.3. The van der Waals surface area contributed by atoms with Crippen LogP contribution in [0.2, 0.25) is 0 Å². The minimum Gasteiger partial charge on any atom is -0.508 e. The average Bonchev–Trinajstić information content (AvgIpc) is 3.44. The number of allylic oxidation sites excluding steroid dienone is 4. The smallest absolute Gasteiger partial charge is 0.416 e. The van der Waals surface area contributed by atoms with Crippen LogP contribution in [0.25, 0.3) is 5.57 Å². The molecule has 13 heteroatoms. The molecular formula is C43H31F6NO6. The van der Waals surface area contributed by atoms with Crippen molar-refractivity contribution in [2.75, 3.05) is 12.0 Å². The van der Waals surface area contributed by atoms with Crippen LogP contribution < -0.4 is 9.64 Å². The van der Waals surface area contributed by atoms with E-state index >= 15 is 9.59 Å². The van der Waals surface area contributed by atoms with Gasteiger partial charge in [-0.15, -0.1) is 0 Å². The van der Waals surface area contributed by atoms with Crippen molar-refractivity contribution >= 4 is 34.6 Å². The molecule has 1 N–H and O–H groups in total.